The Morgan fingerprint density at radius 1 is 0.943 bits per heavy atom. The lowest BCUT2D eigenvalue weighted by molar-refractivity contribution is -0.00524. The van der Waals surface area contributed by atoms with Crippen LogP contribution >= 0.6 is 0 Å². The molecule has 0 radical (unpaired) electrons. The Hall–Kier alpha value is -3.14. The normalized spacial score (nSPS) is 26.9. The summed E-state index contributed by atoms with van der Waals surface area (Å²) in [7, 11) is 1.68. The first kappa shape index (κ1) is 22.3. The van der Waals surface area contributed by atoms with E-state index in [-0.39, 0.29) is 0 Å². The van der Waals surface area contributed by atoms with Crippen molar-refractivity contribution in [3.63, 3.8) is 0 Å². The number of hydrogen-bond acceptors (Lipinski definition) is 4. The molecule has 3 aromatic rings. The van der Waals surface area contributed by atoms with Crippen LogP contribution < -0.4 is 9.47 Å². The molecular formula is C31H34N2O2. The van der Waals surface area contributed by atoms with Crippen LogP contribution in [-0.4, -0.2) is 17.1 Å². The molecule has 0 saturated heterocycles. The topological polar surface area (TPSA) is 44.2 Å². The van der Waals surface area contributed by atoms with E-state index in [1.807, 2.05) is 49.7 Å². The fourth-order valence-corrected chi connectivity index (χ4v) is 7.31. The number of ether oxygens (including phenoxy) is 2. The molecule has 4 aliphatic rings. The van der Waals surface area contributed by atoms with Gasteiger partial charge in [0.2, 0.25) is 0 Å². The van der Waals surface area contributed by atoms with Gasteiger partial charge in [-0.2, -0.15) is 0 Å². The molecule has 1 heterocycles. The van der Waals surface area contributed by atoms with E-state index in [2.05, 4.69) is 34.2 Å². The molecule has 0 atom stereocenters. The lowest BCUT2D eigenvalue weighted by Crippen LogP contribution is -2.48. The largest absolute Gasteiger partial charge is 0.497 e. The lowest BCUT2D eigenvalue weighted by Gasteiger charge is -2.57. The van der Waals surface area contributed by atoms with Gasteiger partial charge in [-0.25, -0.2) is 9.97 Å². The summed E-state index contributed by atoms with van der Waals surface area (Å²) in [5, 5.41) is 0. The zero-order valence-electron chi connectivity index (χ0n) is 20.7. The number of rotatable bonds is 7. The molecular weight excluding hydrogens is 432 g/mol. The second kappa shape index (κ2) is 9.14. The Morgan fingerprint density at radius 2 is 1.66 bits per heavy atom. The number of nitrogens with zero attached hydrogens (tertiary/aromatic N) is 2. The van der Waals surface area contributed by atoms with E-state index in [0.717, 1.165) is 40.4 Å². The molecule has 2 aromatic carbocycles. The quantitative estimate of drug-likeness (QED) is 0.368. The summed E-state index contributed by atoms with van der Waals surface area (Å²) >= 11 is 0. The second-order valence-electron chi connectivity index (χ2n) is 10.9. The molecule has 4 fully saturated rings. The van der Waals surface area contributed by atoms with Crippen molar-refractivity contribution in [1.29, 1.82) is 0 Å². The van der Waals surface area contributed by atoms with Gasteiger partial charge in [0.15, 0.2) is 5.82 Å². The van der Waals surface area contributed by atoms with Crippen molar-refractivity contribution in [1.82, 2.24) is 9.97 Å². The van der Waals surface area contributed by atoms with Gasteiger partial charge < -0.3 is 9.47 Å². The number of methoxy groups -OCH3 is 1. The van der Waals surface area contributed by atoms with Crippen molar-refractivity contribution in [3.05, 3.63) is 77.6 Å². The molecule has 0 unspecified atom stereocenters. The zero-order valence-corrected chi connectivity index (χ0v) is 20.7. The van der Waals surface area contributed by atoms with Gasteiger partial charge in [0.25, 0.3) is 0 Å². The molecule has 7 rings (SSSR count). The van der Waals surface area contributed by atoms with Crippen molar-refractivity contribution in [2.45, 2.75) is 57.5 Å². The highest BCUT2D eigenvalue weighted by molar-refractivity contribution is 5.66. The first-order valence-corrected chi connectivity index (χ1v) is 13.0. The molecule has 4 heteroatoms. The van der Waals surface area contributed by atoms with E-state index < -0.39 is 0 Å². The molecule has 35 heavy (non-hydrogen) atoms. The minimum Gasteiger partial charge on any atom is -0.497 e. The highest BCUT2D eigenvalue weighted by Crippen LogP contribution is 2.60. The monoisotopic (exact) mass is 466 g/mol. The third kappa shape index (κ3) is 4.35. The fourth-order valence-electron chi connectivity index (χ4n) is 7.31. The summed E-state index contributed by atoms with van der Waals surface area (Å²) in [4.78, 5) is 9.15. The predicted octanol–water partition coefficient (Wildman–Crippen LogP) is 7.23. The summed E-state index contributed by atoms with van der Waals surface area (Å²) in [5.74, 6) is 4.98. The standard InChI is InChI=1S/C31H34N2O2/c1-3-5-22-18-32-30(33-19-22)28-9-8-27(34-2)14-29(28)35-20-21-6-4-7-26(13-21)31-15-23-10-24(16-31)12-25(11-23)17-31/h3-9,13-14,18-19,23-25H,10-12,15-17,20H2,1-2H3/b5-3+. The second-order valence-corrected chi connectivity index (χ2v) is 10.9. The van der Waals surface area contributed by atoms with E-state index in [1.54, 1.807) is 7.11 Å². The third-order valence-corrected chi connectivity index (χ3v) is 8.43. The Labute approximate surface area is 208 Å². The van der Waals surface area contributed by atoms with Crippen molar-refractivity contribution < 1.29 is 9.47 Å². The first-order chi connectivity index (χ1) is 17.1. The summed E-state index contributed by atoms with van der Waals surface area (Å²) in [6, 6.07) is 15.0. The highest BCUT2D eigenvalue weighted by Gasteiger charge is 2.51. The van der Waals surface area contributed by atoms with Crippen molar-refractivity contribution in [3.8, 4) is 22.9 Å². The molecule has 0 spiro atoms. The highest BCUT2D eigenvalue weighted by atomic mass is 16.5. The molecule has 4 nitrogen and oxygen atoms in total. The Kier molecular flexibility index (Phi) is 5.83. The predicted molar refractivity (Wildman–Crippen MR) is 139 cm³/mol. The maximum Gasteiger partial charge on any atom is 0.162 e. The van der Waals surface area contributed by atoms with Crippen LogP contribution in [0, 0.1) is 17.8 Å². The summed E-state index contributed by atoms with van der Waals surface area (Å²) < 4.78 is 11.9. The summed E-state index contributed by atoms with van der Waals surface area (Å²) in [6.07, 6.45) is 16.2. The van der Waals surface area contributed by atoms with Crippen LogP contribution in [0.4, 0.5) is 0 Å². The summed E-state index contributed by atoms with van der Waals surface area (Å²) in [6.45, 7) is 2.50. The Balaban J connectivity index is 1.25. The maximum atomic E-state index is 6.40. The van der Waals surface area contributed by atoms with Gasteiger partial charge in [0.1, 0.15) is 18.1 Å². The maximum absolute atomic E-state index is 6.40. The van der Waals surface area contributed by atoms with Crippen LogP contribution in [0.1, 0.15) is 62.1 Å². The van der Waals surface area contributed by atoms with Crippen LogP contribution in [0.25, 0.3) is 17.5 Å². The molecule has 0 amide bonds. The van der Waals surface area contributed by atoms with Gasteiger partial charge in [-0.15, -0.1) is 0 Å². The molecule has 4 saturated carbocycles. The zero-order chi connectivity index (χ0) is 23.8. The number of allylic oxidation sites excluding steroid dienone is 1. The molecule has 1 aromatic heterocycles. The SMILES string of the molecule is C/C=C/c1cnc(-c2ccc(OC)cc2OCc2cccc(C34CC5CC(CC(C5)C3)C4)c2)nc1. The van der Waals surface area contributed by atoms with E-state index in [4.69, 9.17) is 9.47 Å². The Morgan fingerprint density at radius 3 is 2.31 bits per heavy atom. The van der Waals surface area contributed by atoms with Gasteiger partial charge in [0, 0.05) is 24.0 Å². The van der Waals surface area contributed by atoms with Crippen molar-refractivity contribution in [2.24, 2.45) is 17.8 Å². The molecule has 4 aliphatic carbocycles. The van der Waals surface area contributed by atoms with E-state index in [0.29, 0.717) is 17.8 Å². The van der Waals surface area contributed by atoms with Crippen molar-refractivity contribution in [2.75, 3.05) is 7.11 Å². The van der Waals surface area contributed by atoms with Crippen LogP contribution in [-0.2, 0) is 12.0 Å². The van der Waals surface area contributed by atoms with E-state index >= 15 is 0 Å². The number of benzene rings is 2. The minimum atomic E-state index is 0.397. The molecule has 180 valence electrons. The minimum absolute atomic E-state index is 0.397. The van der Waals surface area contributed by atoms with Crippen LogP contribution in [0.15, 0.2) is 60.9 Å². The van der Waals surface area contributed by atoms with Crippen LogP contribution in [0.5, 0.6) is 11.5 Å². The average molecular weight is 467 g/mol. The molecule has 4 bridgehead atoms. The van der Waals surface area contributed by atoms with Crippen molar-refractivity contribution >= 4 is 6.08 Å². The van der Waals surface area contributed by atoms with Gasteiger partial charge >= 0.3 is 0 Å². The molecule has 0 N–H and O–H groups in total. The molecule has 0 aliphatic heterocycles. The summed E-state index contributed by atoms with van der Waals surface area (Å²) in [5.41, 5.74) is 5.00. The first-order valence-electron chi connectivity index (χ1n) is 13.0. The van der Waals surface area contributed by atoms with E-state index in [1.165, 1.54) is 49.7 Å². The van der Waals surface area contributed by atoms with Gasteiger partial charge in [-0.05, 0) is 91.9 Å². The Bertz CT molecular complexity index is 1200. The van der Waals surface area contributed by atoms with E-state index in [9.17, 15) is 0 Å². The van der Waals surface area contributed by atoms with Crippen LogP contribution in [0.2, 0.25) is 0 Å². The fraction of sp³-hybridized carbons (Fsp3) is 0.419. The lowest BCUT2D eigenvalue weighted by atomic mass is 9.48. The van der Waals surface area contributed by atoms with Gasteiger partial charge in [-0.3, -0.25) is 0 Å². The van der Waals surface area contributed by atoms with Crippen LogP contribution in [0.3, 0.4) is 0 Å². The third-order valence-electron chi connectivity index (χ3n) is 8.43. The number of hydrogen-bond donors (Lipinski definition) is 0. The smallest absolute Gasteiger partial charge is 0.162 e. The average Bonchev–Trinajstić information content (AvgIpc) is 2.87. The van der Waals surface area contributed by atoms with Gasteiger partial charge in [0.05, 0.1) is 12.7 Å². The van der Waals surface area contributed by atoms with Gasteiger partial charge in [-0.1, -0.05) is 36.4 Å². The number of aromatic nitrogens is 2.